The first-order valence-electron chi connectivity index (χ1n) is 8.51. The van der Waals surface area contributed by atoms with Crippen molar-refractivity contribution in [2.24, 2.45) is 5.10 Å². The van der Waals surface area contributed by atoms with Crippen molar-refractivity contribution in [1.82, 2.24) is 5.43 Å². The van der Waals surface area contributed by atoms with Crippen LogP contribution in [0.5, 0.6) is 0 Å². The lowest BCUT2D eigenvalue weighted by atomic mass is 10.2. The van der Waals surface area contributed by atoms with E-state index in [1.165, 1.54) is 11.4 Å². The summed E-state index contributed by atoms with van der Waals surface area (Å²) < 4.78 is 26.5. The maximum absolute atomic E-state index is 12.7. The summed E-state index contributed by atoms with van der Waals surface area (Å²) in [6.45, 7) is 0. The van der Waals surface area contributed by atoms with Gasteiger partial charge in [0.1, 0.15) is 0 Å². The molecule has 0 aromatic heterocycles. The van der Waals surface area contributed by atoms with Gasteiger partial charge in [-0.1, -0.05) is 48.5 Å². The van der Waals surface area contributed by atoms with Crippen LogP contribution < -0.4 is 9.73 Å². The minimum Gasteiger partial charge on any atom is -0.269 e. The van der Waals surface area contributed by atoms with E-state index in [1.807, 2.05) is 30.3 Å². The highest BCUT2D eigenvalue weighted by atomic mass is 32.2. The topological polar surface area (TPSA) is 78.8 Å². The number of carbonyl (C=O) groups is 1. The van der Waals surface area contributed by atoms with Crippen LogP contribution >= 0.6 is 0 Å². The van der Waals surface area contributed by atoms with Gasteiger partial charge >= 0.3 is 0 Å². The molecule has 0 heterocycles. The number of hydrogen-bond acceptors (Lipinski definition) is 4. The molecule has 0 aliphatic rings. The number of sulfonamides is 1. The fourth-order valence-corrected chi connectivity index (χ4v) is 3.70. The van der Waals surface area contributed by atoms with E-state index in [0.29, 0.717) is 11.3 Å². The second-order valence-electron chi connectivity index (χ2n) is 5.94. The molecule has 6 nitrogen and oxygen atoms in total. The van der Waals surface area contributed by atoms with E-state index in [0.717, 1.165) is 5.56 Å². The summed E-state index contributed by atoms with van der Waals surface area (Å²) in [5.41, 5.74) is 4.14. The summed E-state index contributed by atoms with van der Waals surface area (Å²) in [6.07, 6.45) is 1.55. The average Bonchev–Trinajstić information content (AvgIpc) is 2.74. The van der Waals surface area contributed by atoms with Gasteiger partial charge < -0.3 is 0 Å². The van der Waals surface area contributed by atoms with E-state index < -0.39 is 10.0 Å². The van der Waals surface area contributed by atoms with Crippen LogP contribution in [0.15, 0.2) is 94.9 Å². The third-order valence-corrected chi connectivity index (χ3v) is 5.87. The van der Waals surface area contributed by atoms with E-state index in [1.54, 1.807) is 60.8 Å². The Hall–Kier alpha value is -3.45. The summed E-state index contributed by atoms with van der Waals surface area (Å²) in [5, 5.41) is 3.92. The van der Waals surface area contributed by atoms with Gasteiger partial charge in [-0.25, -0.2) is 13.8 Å². The molecule has 3 aromatic rings. The number of amides is 1. The number of benzene rings is 3. The monoisotopic (exact) mass is 393 g/mol. The largest absolute Gasteiger partial charge is 0.271 e. The van der Waals surface area contributed by atoms with Crippen LogP contribution in [-0.4, -0.2) is 27.6 Å². The van der Waals surface area contributed by atoms with Crippen LogP contribution in [-0.2, 0) is 10.0 Å². The molecule has 142 valence electrons. The lowest BCUT2D eigenvalue weighted by Gasteiger charge is -2.19. The molecule has 0 atom stereocenters. The molecule has 3 aromatic carbocycles. The van der Waals surface area contributed by atoms with Gasteiger partial charge in [0.05, 0.1) is 16.8 Å². The Bertz CT molecular complexity index is 1060. The molecule has 0 saturated heterocycles. The van der Waals surface area contributed by atoms with Crippen LogP contribution in [0.25, 0.3) is 0 Å². The zero-order chi connectivity index (χ0) is 20.0. The standard InChI is InChI=1S/C21H19N3O3S/c1-24(28(26,27)20-10-6-3-7-11-20)19-14-12-18(13-15-19)21(25)23-22-16-17-8-4-2-5-9-17/h2-16H,1H3,(H,23,25)/b22-16+. The number of anilines is 1. The minimum absolute atomic E-state index is 0.203. The third-order valence-electron chi connectivity index (χ3n) is 4.07. The Balaban J connectivity index is 1.69. The zero-order valence-electron chi connectivity index (χ0n) is 15.2. The number of rotatable bonds is 6. The molecule has 1 amide bonds. The van der Waals surface area contributed by atoms with Crippen molar-refractivity contribution in [3.63, 3.8) is 0 Å². The normalized spacial score (nSPS) is 11.3. The molecule has 0 unspecified atom stereocenters. The van der Waals surface area contributed by atoms with Gasteiger partial charge in [0, 0.05) is 12.6 Å². The van der Waals surface area contributed by atoms with Gasteiger partial charge in [-0.2, -0.15) is 5.10 Å². The molecule has 3 rings (SSSR count). The Morgan fingerprint density at radius 2 is 1.46 bits per heavy atom. The summed E-state index contributed by atoms with van der Waals surface area (Å²) in [6, 6.07) is 23.8. The van der Waals surface area contributed by atoms with Crippen LogP contribution in [0.4, 0.5) is 5.69 Å². The van der Waals surface area contributed by atoms with Gasteiger partial charge in [-0.3, -0.25) is 9.10 Å². The van der Waals surface area contributed by atoms with E-state index in [4.69, 9.17) is 0 Å². The number of nitrogens with zero attached hydrogens (tertiary/aromatic N) is 2. The Kier molecular flexibility index (Phi) is 5.86. The summed E-state index contributed by atoms with van der Waals surface area (Å²) in [5.74, 6) is -0.382. The number of nitrogens with one attached hydrogen (secondary N) is 1. The van der Waals surface area contributed by atoms with E-state index in [9.17, 15) is 13.2 Å². The van der Waals surface area contributed by atoms with Gasteiger partial charge in [0.2, 0.25) is 0 Å². The predicted octanol–water partition coefficient (Wildman–Crippen LogP) is 3.28. The van der Waals surface area contributed by atoms with Gasteiger partial charge in [-0.05, 0) is 42.0 Å². The van der Waals surface area contributed by atoms with Crippen molar-refractivity contribution in [3.8, 4) is 0 Å². The second-order valence-corrected chi connectivity index (χ2v) is 7.91. The molecular weight excluding hydrogens is 374 g/mol. The second kappa shape index (κ2) is 8.49. The first kappa shape index (κ1) is 19.3. The fraction of sp³-hybridized carbons (Fsp3) is 0.0476. The Morgan fingerprint density at radius 1 is 0.893 bits per heavy atom. The predicted molar refractivity (Wildman–Crippen MR) is 110 cm³/mol. The number of carbonyl (C=O) groups excluding carboxylic acids is 1. The van der Waals surface area contributed by atoms with Crippen molar-refractivity contribution < 1.29 is 13.2 Å². The summed E-state index contributed by atoms with van der Waals surface area (Å²) in [4.78, 5) is 12.4. The van der Waals surface area contributed by atoms with Gasteiger partial charge in [0.25, 0.3) is 15.9 Å². The molecule has 0 aliphatic heterocycles. The molecular formula is C21H19N3O3S. The van der Waals surface area contributed by atoms with Crippen LogP contribution in [0, 0.1) is 0 Å². The van der Waals surface area contributed by atoms with Crippen LogP contribution in [0.1, 0.15) is 15.9 Å². The van der Waals surface area contributed by atoms with Crippen molar-refractivity contribution in [3.05, 3.63) is 96.1 Å². The Morgan fingerprint density at radius 3 is 2.07 bits per heavy atom. The lowest BCUT2D eigenvalue weighted by Crippen LogP contribution is -2.26. The fourth-order valence-electron chi connectivity index (χ4n) is 2.48. The van der Waals surface area contributed by atoms with Crippen molar-refractivity contribution in [1.29, 1.82) is 0 Å². The van der Waals surface area contributed by atoms with E-state index in [-0.39, 0.29) is 10.8 Å². The maximum atomic E-state index is 12.7. The van der Waals surface area contributed by atoms with Crippen molar-refractivity contribution in [2.75, 3.05) is 11.4 Å². The average molecular weight is 393 g/mol. The van der Waals surface area contributed by atoms with Gasteiger partial charge in [-0.15, -0.1) is 0 Å². The van der Waals surface area contributed by atoms with Crippen molar-refractivity contribution in [2.45, 2.75) is 4.90 Å². The molecule has 0 radical (unpaired) electrons. The molecule has 7 heteroatoms. The number of hydrazone groups is 1. The molecule has 1 N–H and O–H groups in total. The zero-order valence-corrected chi connectivity index (χ0v) is 16.0. The maximum Gasteiger partial charge on any atom is 0.271 e. The minimum atomic E-state index is -3.66. The highest BCUT2D eigenvalue weighted by molar-refractivity contribution is 7.92. The molecule has 0 aliphatic carbocycles. The molecule has 0 bridgehead atoms. The molecule has 28 heavy (non-hydrogen) atoms. The van der Waals surface area contributed by atoms with E-state index >= 15 is 0 Å². The van der Waals surface area contributed by atoms with Crippen LogP contribution in [0.3, 0.4) is 0 Å². The summed E-state index contributed by atoms with van der Waals surface area (Å²) >= 11 is 0. The lowest BCUT2D eigenvalue weighted by molar-refractivity contribution is 0.0955. The van der Waals surface area contributed by atoms with E-state index in [2.05, 4.69) is 10.5 Å². The highest BCUT2D eigenvalue weighted by Gasteiger charge is 2.21. The SMILES string of the molecule is CN(c1ccc(C(=O)N/N=C/c2ccccc2)cc1)S(=O)(=O)c1ccccc1. The number of hydrogen-bond donors (Lipinski definition) is 1. The van der Waals surface area contributed by atoms with Crippen LogP contribution in [0.2, 0.25) is 0 Å². The molecule has 0 fully saturated rings. The third kappa shape index (κ3) is 4.44. The highest BCUT2D eigenvalue weighted by Crippen LogP contribution is 2.22. The smallest absolute Gasteiger partial charge is 0.269 e. The first-order chi connectivity index (χ1) is 13.5. The Labute approximate surface area is 164 Å². The first-order valence-corrected chi connectivity index (χ1v) is 9.95. The molecule has 0 spiro atoms. The quantitative estimate of drug-likeness (QED) is 0.516. The summed E-state index contributed by atoms with van der Waals surface area (Å²) in [7, 11) is -2.19. The van der Waals surface area contributed by atoms with Gasteiger partial charge in [0.15, 0.2) is 0 Å². The van der Waals surface area contributed by atoms with Crippen molar-refractivity contribution >= 4 is 27.8 Å². The molecule has 0 saturated carbocycles.